The largest absolute Gasteiger partial charge is 0.506 e. The Labute approximate surface area is 103 Å². The van der Waals surface area contributed by atoms with Gasteiger partial charge >= 0.3 is 0 Å². The highest BCUT2D eigenvalue weighted by molar-refractivity contribution is 14.1. The maximum Gasteiger partial charge on any atom is 0.236 e. The van der Waals surface area contributed by atoms with Crippen molar-refractivity contribution in [1.82, 2.24) is 0 Å². The Hall–Kier alpha value is -0.140. The predicted octanol–water partition coefficient (Wildman–Crippen LogP) is 3.86. The lowest BCUT2D eigenvalue weighted by molar-refractivity contribution is 0.110. The number of fused-ring (bicyclic) bond motifs is 1. The molecule has 0 aromatic carbocycles. The normalized spacial score (nSPS) is 11.1. The number of hydrogen-bond donors (Lipinski definition) is 1. The van der Waals surface area contributed by atoms with Crippen LogP contribution in [0.3, 0.4) is 0 Å². The Morgan fingerprint density at radius 2 is 1.93 bits per heavy atom. The zero-order valence-electron chi connectivity index (χ0n) is 7.55. The summed E-state index contributed by atoms with van der Waals surface area (Å²) in [5.41, 5.74) is 0. The molecule has 0 aliphatic rings. The Bertz CT molecular complexity index is 524. The first-order chi connectivity index (χ1) is 6.52. The Morgan fingerprint density at radius 1 is 1.29 bits per heavy atom. The standard InChI is InChI=1S/C9H7IO2S2/c1-3-5-6(11)8(9(10)12)14-7(5)4(2)13-3/h11H,1-2H3. The van der Waals surface area contributed by atoms with Crippen molar-refractivity contribution in [2.75, 3.05) is 0 Å². The van der Waals surface area contributed by atoms with Gasteiger partial charge in [0.1, 0.15) is 10.6 Å². The van der Waals surface area contributed by atoms with Crippen LogP contribution >= 0.6 is 45.3 Å². The SMILES string of the molecule is Cc1sc(C)c2c(O)c(C(=O)I)sc12. The minimum atomic E-state index is -0.0925. The van der Waals surface area contributed by atoms with Crippen molar-refractivity contribution in [3.63, 3.8) is 0 Å². The monoisotopic (exact) mass is 338 g/mol. The summed E-state index contributed by atoms with van der Waals surface area (Å²) < 4.78 is 0.954. The summed E-state index contributed by atoms with van der Waals surface area (Å²) in [6.45, 7) is 3.98. The summed E-state index contributed by atoms with van der Waals surface area (Å²) >= 11 is 4.75. The zero-order valence-corrected chi connectivity index (χ0v) is 11.3. The van der Waals surface area contributed by atoms with Crippen LogP contribution in [0.4, 0.5) is 0 Å². The van der Waals surface area contributed by atoms with Crippen molar-refractivity contribution in [2.45, 2.75) is 13.8 Å². The Morgan fingerprint density at radius 3 is 2.43 bits per heavy atom. The molecule has 0 spiro atoms. The van der Waals surface area contributed by atoms with Crippen molar-refractivity contribution < 1.29 is 9.90 Å². The van der Waals surface area contributed by atoms with E-state index < -0.39 is 0 Å². The van der Waals surface area contributed by atoms with Gasteiger partial charge in [0.05, 0.1) is 4.70 Å². The summed E-state index contributed by atoms with van der Waals surface area (Å²) in [4.78, 5) is 13.9. The molecule has 1 N–H and O–H groups in total. The second-order valence-corrected chi connectivity index (χ2v) is 6.40. The van der Waals surface area contributed by atoms with Crippen molar-refractivity contribution in [3.8, 4) is 5.75 Å². The maximum absolute atomic E-state index is 11.2. The predicted molar refractivity (Wildman–Crippen MR) is 69.2 cm³/mol. The highest BCUT2D eigenvalue weighted by Crippen LogP contribution is 2.45. The van der Waals surface area contributed by atoms with Gasteiger partial charge in [0.15, 0.2) is 0 Å². The van der Waals surface area contributed by atoms with E-state index in [1.807, 2.05) is 13.8 Å². The Kier molecular flexibility index (Phi) is 2.57. The third-order valence-electron chi connectivity index (χ3n) is 2.04. The fourth-order valence-corrected chi connectivity index (χ4v) is 4.29. The smallest absolute Gasteiger partial charge is 0.236 e. The molecule has 0 atom stereocenters. The van der Waals surface area contributed by atoms with Gasteiger partial charge in [0.2, 0.25) is 3.79 Å². The van der Waals surface area contributed by atoms with Gasteiger partial charge < -0.3 is 5.11 Å². The highest BCUT2D eigenvalue weighted by atomic mass is 127. The first-order valence-electron chi connectivity index (χ1n) is 3.93. The van der Waals surface area contributed by atoms with Crippen LogP contribution in [-0.2, 0) is 0 Å². The topological polar surface area (TPSA) is 37.3 Å². The molecule has 0 fully saturated rings. The molecule has 14 heavy (non-hydrogen) atoms. The average Bonchev–Trinajstić information content (AvgIpc) is 2.54. The fraction of sp³-hybridized carbons (Fsp3) is 0.222. The van der Waals surface area contributed by atoms with Crippen LogP contribution < -0.4 is 0 Å². The van der Waals surface area contributed by atoms with Crippen LogP contribution in [0.15, 0.2) is 0 Å². The van der Waals surface area contributed by atoms with Crippen LogP contribution in [0, 0.1) is 13.8 Å². The van der Waals surface area contributed by atoms with Crippen molar-refractivity contribution in [2.24, 2.45) is 0 Å². The number of hydrogen-bond acceptors (Lipinski definition) is 4. The van der Waals surface area contributed by atoms with E-state index in [2.05, 4.69) is 0 Å². The van der Waals surface area contributed by atoms with Gasteiger partial charge in [-0.2, -0.15) is 0 Å². The van der Waals surface area contributed by atoms with Crippen molar-refractivity contribution in [3.05, 3.63) is 14.6 Å². The molecule has 2 nitrogen and oxygen atoms in total. The molecule has 0 radical (unpaired) electrons. The van der Waals surface area contributed by atoms with Gasteiger partial charge in [0, 0.05) is 37.7 Å². The van der Waals surface area contributed by atoms with Crippen LogP contribution in [0.1, 0.15) is 19.4 Å². The van der Waals surface area contributed by atoms with Crippen LogP contribution in [0.2, 0.25) is 0 Å². The van der Waals surface area contributed by atoms with Crippen molar-refractivity contribution >= 4 is 59.1 Å². The molecule has 0 aliphatic carbocycles. The maximum atomic E-state index is 11.2. The van der Waals surface area contributed by atoms with Crippen LogP contribution in [0.5, 0.6) is 5.75 Å². The molecule has 0 aliphatic heterocycles. The summed E-state index contributed by atoms with van der Waals surface area (Å²) in [5, 5.41) is 10.7. The molecule has 2 aromatic rings. The van der Waals surface area contributed by atoms with E-state index in [1.54, 1.807) is 33.9 Å². The molecule has 0 saturated heterocycles. The zero-order chi connectivity index (χ0) is 10.5. The summed E-state index contributed by atoms with van der Waals surface area (Å²) in [6, 6.07) is 0. The van der Waals surface area contributed by atoms with Gasteiger partial charge in [-0.05, 0) is 13.8 Å². The number of aromatic hydroxyl groups is 1. The number of thiophene rings is 2. The lowest BCUT2D eigenvalue weighted by Crippen LogP contribution is -1.80. The first kappa shape index (κ1) is 10.4. The van der Waals surface area contributed by atoms with E-state index in [-0.39, 0.29) is 9.54 Å². The molecular formula is C9H7IO2S2. The molecule has 2 rings (SSSR count). The second kappa shape index (κ2) is 3.46. The third-order valence-corrected chi connectivity index (χ3v) is 5.39. The summed E-state index contributed by atoms with van der Waals surface area (Å²) in [7, 11) is 0. The molecule has 74 valence electrons. The first-order valence-corrected chi connectivity index (χ1v) is 6.64. The molecule has 5 heteroatoms. The minimum Gasteiger partial charge on any atom is -0.506 e. The van der Waals surface area contributed by atoms with Crippen LogP contribution in [-0.4, -0.2) is 8.90 Å². The lowest BCUT2D eigenvalue weighted by atomic mass is 10.2. The number of carbonyl (C=O) groups is 1. The van der Waals surface area contributed by atoms with E-state index in [0.717, 1.165) is 15.0 Å². The van der Waals surface area contributed by atoms with Gasteiger partial charge in [-0.3, -0.25) is 4.79 Å². The number of carbonyl (C=O) groups excluding carboxylic acids is 1. The van der Waals surface area contributed by atoms with E-state index in [9.17, 15) is 9.90 Å². The van der Waals surface area contributed by atoms with Crippen LogP contribution in [0.25, 0.3) is 10.1 Å². The lowest BCUT2D eigenvalue weighted by Gasteiger charge is -1.90. The van der Waals surface area contributed by atoms with E-state index in [4.69, 9.17) is 0 Å². The fourth-order valence-electron chi connectivity index (χ4n) is 1.46. The summed E-state index contributed by atoms with van der Waals surface area (Å²) in [5.74, 6) is 0.159. The van der Waals surface area contributed by atoms with Gasteiger partial charge in [-0.25, -0.2) is 0 Å². The molecule has 0 unspecified atom stereocenters. The quantitative estimate of drug-likeness (QED) is 0.633. The minimum absolute atomic E-state index is 0.0925. The van der Waals surface area contributed by atoms with Gasteiger partial charge in [0.25, 0.3) is 0 Å². The summed E-state index contributed by atoms with van der Waals surface area (Å²) in [6.07, 6.45) is 0. The molecule has 2 heterocycles. The third kappa shape index (κ3) is 1.38. The Balaban J connectivity index is 2.87. The molecule has 0 saturated carbocycles. The molecular weight excluding hydrogens is 331 g/mol. The number of halogens is 1. The average molecular weight is 338 g/mol. The van der Waals surface area contributed by atoms with E-state index >= 15 is 0 Å². The highest BCUT2D eigenvalue weighted by Gasteiger charge is 2.20. The second-order valence-electron chi connectivity index (χ2n) is 2.97. The van der Waals surface area contributed by atoms with Gasteiger partial charge in [-0.1, -0.05) is 0 Å². The van der Waals surface area contributed by atoms with E-state index in [0.29, 0.717) is 4.88 Å². The van der Waals surface area contributed by atoms with Crippen molar-refractivity contribution in [1.29, 1.82) is 0 Å². The van der Waals surface area contributed by atoms with E-state index in [1.165, 1.54) is 16.2 Å². The number of rotatable bonds is 1. The van der Waals surface area contributed by atoms with Gasteiger partial charge in [-0.15, -0.1) is 22.7 Å². The molecule has 2 aromatic heterocycles. The molecule has 0 bridgehead atoms. The molecule has 0 amide bonds. The number of aryl methyl sites for hydroxylation is 2.